The molecule has 0 bridgehead atoms. The number of thiazole rings is 1. The van der Waals surface area contributed by atoms with Crippen molar-refractivity contribution in [1.29, 1.82) is 0 Å². The minimum Gasteiger partial charge on any atom is -0.496 e. The Bertz CT molecular complexity index is 1890. The van der Waals surface area contributed by atoms with Crippen LogP contribution in [0.3, 0.4) is 0 Å². The van der Waals surface area contributed by atoms with E-state index in [1.165, 1.54) is 18.8 Å². The molecular formula is C30H22F4N2O5S. The summed E-state index contributed by atoms with van der Waals surface area (Å²) in [6.07, 6.45) is 1.58. The molecule has 0 saturated heterocycles. The molecule has 7 nitrogen and oxygen atoms in total. The molecule has 42 heavy (non-hydrogen) atoms. The van der Waals surface area contributed by atoms with Gasteiger partial charge in [-0.25, -0.2) is 18.6 Å². The van der Waals surface area contributed by atoms with Crippen LogP contribution in [0.1, 0.15) is 29.7 Å². The topological polar surface area (TPSA) is 79.1 Å². The van der Waals surface area contributed by atoms with E-state index in [4.69, 9.17) is 14.2 Å². The summed E-state index contributed by atoms with van der Waals surface area (Å²) in [7, 11) is 2.62. The lowest BCUT2D eigenvalue weighted by Crippen LogP contribution is -2.39. The van der Waals surface area contributed by atoms with Gasteiger partial charge in [0.25, 0.3) is 5.56 Å². The molecule has 1 aliphatic heterocycles. The van der Waals surface area contributed by atoms with Gasteiger partial charge in [-0.2, -0.15) is 8.78 Å². The van der Waals surface area contributed by atoms with Crippen LogP contribution < -0.4 is 24.4 Å². The van der Waals surface area contributed by atoms with Gasteiger partial charge >= 0.3 is 5.97 Å². The molecule has 1 aromatic heterocycles. The van der Waals surface area contributed by atoms with E-state index in [0.717, 1.165) is 11.3 Å². The highest BCUT2D eigenvalue weighted by molar-refractivity contribution is 7.07. The summed E-state index contributed by atoms with van der Waals surface area (Å²) in [4.78, 5) is 31.4. The van der Waals surface area contributed by atoms with E-state index in [1.54, 1.807) is 55.5 Å². The predicted molar refractivity (Wildman–Crippen MR) is 146 cm³/mol. The third kappa shape index (κ3) is 5.20. The summed E-state index contributed by atoms with van der Waals surface area (Å²) < 4.78 is 72.6. The molecule has 0 spiro atoms. The Kier molecular flexibility index (Phi) is 7.99. The smallest absolute Gasteiger partial charge is 0.338 e. The van der Waals surface area contributed by atoms with Crippen LogP contribution in [0.25, 0.3) is 6.08 Å². The quantitative estimate of drug-likeness (QED) is 0.177. The van der Waals surface area contributed by atoms with Crippen molar-refractivity contribution < 1.29 is 36.6 Å². The standard InChI is InChI=1S/C30H22F4N2O5S/c1-15-23(29(38)40-3)26(17-7-5-4-6-8-17)36-28(37)22(42-30(36)35-15)12-16-9-10-21(39-2)18(11-16)14-41-27-24(33)19(31)13-20(32)25(27)34/h4-13,26H,14H2,1-3H3/t26-/m0/s1. The maximum absolute atomic E-state index is 14.1. The molecule has 0 N–H and O–H groups in total. The summed E-state index contributed by atoms with van der Waals surface area (Å²) in [5.41, 5.74) is 1.71. The molecule has 0 fully saturated rings. The molecule has 0 amide bonds. The Hall–Kier alpha value is -4.71. The van der Waals surface area contributed by atoms with Crippen LogP contribution in [-0.4, -0.2) is 24.8 Å². The highest BCUT2D eigenvalue weighted by Gasteiger charge is 2.33. The molecule has 5 rings (SSSR count). The van der Waals surface area contributed by atoms with Gasteiger partial charge < -0.3 is 14.2 Å². The number of carbonyl (C=O) groups is 1. The average molecular weight is 599 g/mol. The number of hydrogen-bond donors (Lipinski definition) is 0. The van der Waals surface area contributed by atoms with Crippen molar-refractivity contribution in [2.24, 2.45) is 4.99 Å². The average Bonchev–Trinajstić information content (AvgIpc) is 3.29. The molecule has 0 saturated carbocycles. The largest absolute Gasteiger partial charge is 0.496 e. The van der Waals surface area contributed by atoms with Crippen LogP contribution in [-0.2, 0) is 16.1 Å². The summed E-state index contributed by atoms with van der Waals surface area (Å²) >= 11 is 1.11. The van der Waals surface area contributed by atoms with Crippen molar-refractivity contribution in [1.82, 2.24) is 4.57 Å². The predicted octanol–water partition coefficient (Wildman–Crippen LogP) is 4.55. The number of halogens is 4. The van der Waals surface area contributed by atoms with E-state index in [9.17, 15) is 27.2 Å². The summed E-state index contributed by atoms with van der Waals surface area (Å²) in [6, 6.07) is 13.1. The molecule has 3 aromatic carbocycles. The lowest BCUT2D eigenvalue weighted by atomic mass is 9.96. The van der Waals surface area contributed by atoms with Crippen molar-refractivity contribution >= 4 is 23.4 Å². The first-order chi connectivity index (χ1) is 20.1. The molecule has 0 radical (unpaired) electrons. The van der Waals surface area contributed by atoms with E-state index in [0.29, 0.717) is 21.6 Å². The molecular weight excluding hydrogens is 576 g/mol. The van der Waals surface area contributed by atoms with Gasteiger partial charge in [0.2, 0.25) is 11.6 Å². The van der Waals surface area contributed by atoms with Crippen molar-refractivity contribution in [2.45, 2.75) is 19.6 Å². The zero-order valence-electron chi connectivity index (χ0n) is 22.4. The molecule has 0 unspecified atom stereocenters. The number of methoxy groups -OCH3 is 2. The minimum absolute atomic E-state index is 0.0899. The SMILES string of the molecule is COC(=O)C1=C(C)N=c2sc(=Cc3ccc(OC)c(COc4c(F)c(F)cc(F)c4F)c3)c(=O)n2[C@H]1c1ccccc1. The lowest BCUT2D eigenvalue weighted by molar-refractivity contribution is -0.136. The van der Waals surface area contributed by atoms with Crippen LogP contribution >= 0.6 is 11.3 Å². The van der Waals surface area contributed by atoms with Crippen molar-refractivity contribution in [3.8, 4) is 11.5 Å². The molecule has 2 heterocycles. The Morgan fingerprint density at radius 3 is 2.36 bits per heavy atom. The molecule has 1 atom stereocenters. The van der Waals surface area contributed by atoms with Crippen LogP contribution in [0.4, 0.5) is 17.6 Å². The molecule has 4 aromatic rings. The van der Waals surface area contributed by atoms with Gasteiger partial charge in [-0.3, -0.25) is 9.36 Å². The number of allylic oxidation sites excluding steroid dienone is 1. The van der Waals surface area contributed by atoms with E-state index in [-0.39, 0.29) is 27.5 Å². The molecule has 0 aliphatic carbocycles. The first-order valence-electron chi connectivity index (χ1n) is 12.4. The fraction of sp³-hybridized carbons (Fsp3) is 0.167. The number of fused-ring (bicyclic) bond motifs is 1. The Labute approximate surface area is 240 Å². The number of ether oxygens (including phenoxy) is 3. The number of hydrogen-bond acceptors (Lipinski definition) is 7. The van der Waals surface area contributed by atoms with Crippen LogP contribution in [0.5, 0.6) is 11.5 Å². The van der Waals surface area contributed by atoms with Gasteiger partial charge in [0.15, 0.2) is 22.2 Å². The highest BCUT2D eigenvalue weighted by atomic mass is 32.1. The fourth-order valence-corrected chi connectivity index (χ4v) is 5.67. The van der Waals surface area contributed by atoms with Crippen LogP contribution in [0.2, 0.25) is 0 Å². The van der Waals surface area contributed by atoms with E-state index in [2.05, 4.69) is 4.99 Å². The zero-order chi connectivity index (χ0) is 30.1. The molecule has 1 aliphatic rings. The first kappa shape index (κ1) is 28.8. The van der Waals surface area contributed by atoms with Crippen LogP contribution in [0, 0.1) is 23.3 Å². The third-order valence-corrected chi connectivity index (χ3v) is 7.57. The van der Waals surface area contributed by atoms with E-state index < -0.39 is 53.2 Å². The molecule has 12 heteroatoms. The number of benzene rings is 3. The van der Waals surface area contributed by atoms with Gasteiger partial charge in [-0.1, -0.05) is 47.7 Å². The summed E-state index contributed by atoms with van der Waals surface area (Å²) in [5, 5.41) is 0. The van der Waals surface area contributed by atoms with Crippen molar-refractivity contribution in [3.05, 3.63) is 126 Å². The van der Waals surface area contributed by atoms with Gasteiger partial charge in [-0.05, 0) is 36.3 Å². The normalized spacial score (nSPS) is 14.8. The van der Waals surface area contributed by atoms with Gasteiger partial charge in [-0.15, -0.1) is 0 Å². The number of esters is 1. The Balaban J connectivity index is 1.57. The Morgan fingerprint density at radius 2 is 1.71 bits per heavy atom. The first-order valence-corrected chi connectivity index (χ1v) is 13.2. The maximum Gasteiger partial charge on any atom is 0.338 e. The number of aromatic nitrogens is 1. The minimum atomic E-state index is -1.67. The second-order valence-corrected chi connectivity index (χ2v) is 10.2. The fourth-order valence-electron chi connectivity index (χ4n) is 4.62. The number of nitrogens with zero attached hydrogens (tertiary/aromatic N) is 2. The summed E-state index contributed by atoms with van der Waals surface area (Å²) in [6.45, 7) is 1.17. The van der Waals surface area contributed by atoms with Crippen LogP contribution in [0.15, 0.2) is 75.7 Å². The van der Waals surface area contributed by atoms with E-state index in [1.807, 2.05) is 6.07 Å². The Morgan fingerprint density at radius 1 is 1.02 bits per heavy atom. The second-order valence-electron chi connectivity index (χ2n) is 9.14. The van der Waals surface area contributed by atoms with Crippen molar-refractivity contribution in [2.75, 3.05) is 14.2 Å². The van der Waals surface area contributed by atoms with Gasteiger partial charge in [0.1, 0.15) is 12.4 Å². The molecule has 216 valence electrons. The zero-order valence-corrected chi connectivity index (χ0v) is 23.2. The monoisotopic (exact) mass is 598 g/mol. The number of carbonyl (C=O) groups excluding carboxylic acids is 1. The van der Waals surface area contributed by atoms with Crippen molar-refractivity contribution in [3.63, 3.8) is 0 Å². The second kappa shape index (κ2) is 11.6. The maximum atomic E-state index is 14.1. The third-order valence-electron chi connectivity index (χ3n) is 6.59. The summed E-state index contributed by atoms with van der Waals surface area (Å²) in [5.74, 6) is -8.07. The van der Waals surface area contributed by atoms with E-state index >= 15 is 0 Å². The lowest BCUT2D eigenvalue weighted by Gasteiger charge is -2.24. The van der Waals surface area contributed by atoms with Gasteiger partial charge in [0.05, 0.1) is 36.1 Å². The highest BCUT2D eigenvalue weighted by Crippen LogP contribution is 2.31. The number of rotatable bonds is 7. The van der Waals surface area contributed by atoms with Gasteiger partial charge in [0, 0.05) is 11.6 Å².